The zero-order chi connectivity index (χ0) is 18.5. The molecule has 0 aliphatic heterocycles. The Morgan fingerprint density at radius 3 is 2.15 bits per heavy atom. The van der Waals surface area contributed by atoms with Gasteiger partial charge in [-0.1, -0.05) is 18.2 Å². The van der Waals surface area contributed by atoms with Gasteiger partial charge in [0.15, 0.2) is 0 Å². The van der Waals surface area contributed by atoms with Crippen LogP contribution in [-0.4, -0.2) is 26.6 Å². The molecule has 5 aromatic rings. The van der Waals surface area contributed by atoms with Crippen molar-refractivity contribution in [3.63, 3.8) is 0 Å². The molecule has 0 bridgehead atoms. The number of hydrogen-bond donors (Lipinski definition) is 0. The highest BCUT2D eigenvalue weighted by Crippen LogP contribution is 2.38. The van der Waals surface area contributed by atoms with Gasteiger partial charge in [0.2, 0.25) is 0 Å². The number of benzene rings is 2. The molecule has 0 fully saturated rings. The van der Waals surface area contributed by atoms with E-state index in [0.29, 0.717) is 0 Å². The Kier molecular flexibility index (Phi) is 3.33. The SMILES string of the molecule is COc1ccc2c(c1)c(-c1nonc1-c1cn(C)c3ccccc13)cn2C. The molecule has 0 atom stereocenters. The molecule has 0 aliphatic rings. The van der Waals surface area contributed by atoms with Gasteiger partial charge in [-0.15, -0.1) is 0 Å². The largest absolute Gasteiger partial charge is 0.497 e. The number of aromatic nitrogens is 4. The molecule has 0 saturated heterocycles. The second-order valence-corrected chi connectivity index (χ2v) is 6.67. The monoisotopic (exact) mass is 358 g/mol. The summed E-state index contributed by atoms with van der Waals surface area (Å²) in [5.41, 5.74) is 5.67. The first-order valence-electron chi connectivity index (χ1n) is 8.68. The molecule has 6 nitrogen and oxygen atoms in total. The maximum absolute atomic E-state index is 5.41. The standard InChI is InChI=1S/C21H18N4O2/c1-24-11-16(14-6-4-5-7-18(14)24)20-21(23-27-22-20)17-12-25(2)19-9-8-13(26-3)10-15(17)19/h4-12H,1-3H3. The molecule has 6 heteroatoms. The van der Waals surface area contributed by atoms with E-state index in [1.54, 1.807) is 7.11 Å². The molecule has 0 N–H and O–H groups in total. The number of methoxy groups -OCH3 is 1. The summed E-state index contributed by atoms with van der Waals surface area (Å²) in [6, 6.07) is 14.3. The maximum atomic E-state index is 5.41. The molecular formula is C21H18N4O2. The second kappa shape index (κ2) is 5.74. The highest BCUT2D eigenvalue weighted by Gasteiger charge is 2.22. The third-order valence-electron chi connectivity index (χ3n) is 5.09. The predicted molar refractivity (Wildman–Crippen MR) is 105 cm³/mol. The number of para-hydroxylation sites is 1. The van der Waals surface area contributed by atoms with Gasteiger partial charge in [-0.2, -0.15) is 0 Å². The molecule has 3 heterocycles. The van der Waals surface area contributed by atoms with Gasteiger partial charge in [0, 0.05) is 59.4 Å². The third kappa shape index (κ3) is 2.26. The minimum Gasteiger partial charge on any atom is -0.497 e. The van der Waals surface area contributed by atoms with E-state index in [4.69, 9.17) is 9.37 Å². The van der Waals surface area contributed by atoms with Gasteiger partial charge in [-0.3, -0.25) is 0 Å². The fraction of sp³-hybridized carbons (Fsp3) is 0.143. The first-order chi connectivity index (χ1) is 13.2. The zero-order valence-electron chi connectivity index (χ0n) is 15.3. The summed E-state index contributed by atoms with van der Waals surface area (Å²) < 4.78 is 14.8. The molecule has 27 heavy (non-hydrogen) atoms. The van der Waals surface area contributed by atoms with E-state index in [0.717, 1.165) is 50.1 Å². The Morgan fingerprint density at radius 2 is 1.44 bits per heavy atom. The van der Waals surface area contributed by atoms with E-state index in [-0.39, 0.29) is 0 Å². The summed E-state index contributed by atoms with van der Waals surface area (Å²) in [5.74, 6) is 0.804. The van der Waals surface area contributed by atoms with Gasteiger partial charge in [0.1, 0.15) is 17.1 Å². The summed E-state index contributed by atoms with van der Waals surface area (Å²) in [4.78, 5) is 0. The Hall–Kier alpha value is -3.54. The lowest BCUT2D eigenvalue weighted by atomic mass is 10.0. The molecule has 5 rings (SSSR count). The van der Waals surface area contributed by atoms with Crippen LogP contribution in [0.1, 0.15) is 0 Å². The van der Waals surface area contributed by atoms with Crippen LogP contribution in [0.15, 0.2) is 59.5 Å². The fourth-order valence-corrected chi connectivity index (χ4v) is 3.76. The molecule has 0 saturated carbocycles. The van der Waals surface area contributed by atoms with Crippen LogP contribution >= 0.6 is 0 Å². The van der Waals surface area contributed by atoms with Crippen molar-refractivity contribution in [3.05, 3.63) is 54.9 Å². The normalized spacial score (nSPS) is 11.5. The van der Waals surface area contributed by atoms with Crippen LogP contribution in [-0.2, 0) is 14.1 Å². The predicted octanol–water partition coefficient (Wildman–Crippen LogP) is 4.40. The van der Waals surface area contributed by atoms with E-state index in [1.165, 1.54) is 0 Å². The Balaban J connectivity index is 1.78. The van der Waals surface area contributed by atoms with Crippen molar-refractivity contribution in [2.45, 2.75) is 0 Å². The minimum absolute atomic E-state index is 0.727. The van der Waals surface area contributed by atoms with Crippen LogP contribution < -0.4 is 4.74 Å². The number of fused-ring (bicyclic) bond motifs is 2. The topological polar surface area (TPSA) is 58.0 Å². The van der Waals surface area contributed by atoms with Crippen molar-refractivity contribution >= 4 is 21.8 Å². The first kappa shape index (κ1) is 15.7. The number of hydrogen-bond acceptors (Lipinski definition) is 4. The minimum atomic E-state index is 0.727. The summed E-state index contributed by atoms with van der Waals surface area (Å²) in [7, 11) is 5.72. The Morgan fingerprint density at radius 1 is 0.815 bits per heavy atom. The van der Waals surface area contributed by atoms with E-state index in [9.17, 15) is 0 Å². The van der Waals surface area contributed by atoms with E-state index in [2.05, 4.69) is 44.0 Å². The fourth-order valence-electron chi connectivity index (χ4n) is 3.76. The Labute approximate surface area is 155 Å². The van der Waals surface area contributed by atoms with Gasteiger partial charge in [-0.25, -0.2) is 4.63 Å². The van der Waals surface area contributed by atoms with E-state index < -0.39 is 0 Å². The number of ether oxygens (including phenoxy) is 1. The van der Waals surface area contributed by atoms with Gasteiger partial charge in [0.05, 0.1) is 7.11 Å². The maximum Gasteiger partial charge on any atom is 0.145 e. The van der Waals surface area contributed by atoms with Crippen molar-refractivity contribution in [1.82, 2.24) is 19.4 Å². The van der Waals surface area contributed by atoms with Crippen molar-refractivity contribution < 1.29 is 9.37 Å². The van der Waals surface area contributed by atoms with Crippen LogP contribution in [0.25, 0.3) is 44.3 Å². The summed E-state index contributed by atoms with van der Waals surface area (Å²) in [6.07, 6.45) is 4.12. The third-order valence-corrected chi connectivity index (χ3v) is 5.09. The van der Waals surface area contributed by atoms with E-state index in [1.807, 2.05) is 44.4 Å². The molecule has 0 unspecified atom stereocenters. The quantitative estimate of drug-likeness (QED) is 0.480. The van der Waals surface area contributed by atoms with Crippen molar-refractivity contribution in [2.24, 2.45) is 14.1 Å². The molecule has 0 spiro atoms. The molecule has 0 aliphatic carbocycles. The van der Waals surface area contributed by atoms with Gasteiger partial charge < -0.3 is 13.9 Å². The van der Waals surface area contributed by atoms with Crippen molar-refractivity contribution in [1.29, 1.82) is 0 Å². The lowest BCUT2D eigenvalue weighted by Gasteiger charge is -2.01. The van der Waals surface area contributed by atoms with Gasteiger partial charge in [0.25, 0.3) is 0 Å². The average Bonchev–Trinajstić information content (AvgIpc) is 3.38. The highest BCUT2D eigenvalue weighted by molar-refractivity contribution is 6.02. The van der Waals surface area contributed by atoms with Crippen LogP contribution in [0.3, 0.4) is 0 Å². The molecule has 134 valence electrons. The number of nitrogens with zero attached hydrogens (tertiary/aromatic N) is 4. The summed E-state index contributed by atoms with van der Waals surface area (Å²) in [5, 5.41) is 10.7. The molecule has 2 aromatic carbocycles. The number of aryl methyl sites for hydroxylation is 2. The zero-order valence-corrected chi connectivity index (χ0v) is 15.3. The lowest BCUT2D eigenvalue weighted by Crippen LogP contribution is -1.85. The van der Waals surface area contributed by atoms with Crippen LogP contribution in [0.4, 0.5) is 0 Å². The summed E-state index contributed by atoms with van der Waals surface area (Å²) in [6.45, 7) is 0. The van der Waals surface area contributed by atoms with Crippen LogP contribution in [0, 0.1) is 0 Å². The number of rotatable bonds is 3. The second-order valence-electron chi connectivity index (χ2n) is 6.67. The van der Waals surface area contributed by atoms with Gasteiger partial charge in [-0.05, 0) is 34.6 Å². The van der Waals surface area contributed by atoms with Crippen LogP contribution in [0.5, 0.6) is 5.75 Å². The summed E-state index contributed by atoms with van der Waals surface area (Å²) >= 11 is 0. The van der Waals surface area contributed by atoms with Crippen molar-refractivity contribution in [3.8, 4) is 28.3 Å². The smallest absolute Gasteiger partial charge is 0.145 e. The van der Waals surface area contributed by atoms with Crippen LogP contribution in [0.2, 0.25) is 0 Å². The van der Waals surface area contributed by atoms with Crippen molar-refractivity contribution in [2.75, 3.05) is 7.11 Å². The molecule has 3 aromatic heterocycles. The highest BCUT2D eigenvalue weighted by atomic mass is 16.6. The Bertz CT molecular complexity index is 1290. The lowest BCUT2D eigenvalue weighted by molar-refractivity contribution is 0.310. The first-order valence-corrected chi connectivity index (χ1v) is 8.68. The van der Waals surface area contributed by atoms with E-state index >= 15 is 0 Å². The van der Waals surface area contributed by atoms with Gasteiger partial charge >= 0.3 is 0 Å². The molecule has 0 radical (unpaired) electrons. The molecular weight excluding hydrogens is 340 g/mol. The molecule has 0 amide bonds. The average molecular weight is 358 g/mol.